The van der Waals surface area contributed by atoms with Crippen molar-refractivity contribution >= 4 is 34.4 Å². The van der Waals surface area contributed by atoms with Crippen molar-refractivity contribution in [3.8, 4) is 5.75 Å². The molecule has 1 fully saturated rings. The van der Waals surface area contributed by atoms with Crippen LogP contribution in [0.2, 0.25) is 0 Å². The lowest BCUT2D eigenvalue weighted by Gasteiger charge is -2.25. The Hall–Kier alpha value is -2.91. The van der Waals surface area contributed by atoms with Crippen LogP contribution in [0.15, 0.2) is 29.7 Å². The summed E-state index contributed by atoms with van der Waals surface area (Å²) in [4.78, 5) is 30.6. The molecule has 1 aromatic heterocycles. The summed E-state index contributed by atoms with van der Waals surface area (Å²) in [7, 11) is 1.57. The summed E-state index contributed by atoms with van der Waals surface area (Å²) in [6.45, 7) is 4.75. The largest absolute Gasteiger partial charge is 0.496 e. The standard InChI is InChI=1S/C19H22N4O4S/c1-13-3-5-16(26-2)14(11-13)4-6-17(24)21-22-18(25)15-12-28-19(20-15)23-7-9-27-10-8-23/h3-6,11-12H,7-10H2,1-2H3,(H,21,24)(H,22,25)/b6-4+. The number of thiazole rings is 1. The highest BCUT2D eigenvalue weighted by Gasteiger charge is 2.17. The predicted molar refractivity (Wildman–Crippen MR) is 108 cm³/mol. The molecule has 2 N–H and O–H groups in total. The molecule has 0 atom stereocenters. The minimum Gasteiger partial charge on any atom is -0.496 e. The number of methoxy groups -OCH3 is 1. The average molecular weight is 402 g/mol. The van der Waals surface area contributed by atoms with Gasteiger partial charge in [0.15, 0.2) is 5.13 Å². The van der Waals surface area contributed by atoms with Crippen LogP contribution in [0.4, 0.5) is 5.13 Å². The van der Waals surface area contributed by atoms with Gasteiger partial charge in [0.1, 0.15) is 11.4 Å². The number of hydrogen-bond acceptors (Lipinski definition) is 7. The molecule has 0 saturated carbocycles. The fourth-order valence-electron chi connectivity index (χ4n) is 2.64. The Kier molecular flexibility index (Phi) is 6.62. The number of anilines is 1. The van der Waals surface area contributed by atoms with E-state index in [9.17, 15) is 9.59 Å². The van der Waals surface area contributed by atoms with Gasteiger partial charge >= 0.3 is 0 Å². The van der Waals surface area contributed by atoms with Crippen LogP contribution in [-0.2, 0) is 9.53 Å². The topological polar surface area (TPSA) is 92.8 Å². The van der Waals surface area contributed by atoms with Gasteiger partial charge < -0.3 is 14.4 Å². The summed E-state index contributed by atoms with van der Waals surface area (Å²) in [6.07, 6.45) is 2.96. The van der Waals surface area contributed by atoms with Crippen molar-refractivity contribution in [3.05, 3.63) is 46.5 Å². The quantitative estimate of drug-likeness (QED) is 0.585. The predicted octanol–water partition coefficient (Wildman–Crippen LogP) is 1.77. The minimum atomic E-state index is -0.467. The average Bonchev–Trinajstić information content (AvgIpc) is 3.21. The van der Waals surface area contributed by atoms with E-state index in [0.29, 0.717) is 19.0 Å². The monoisotopic (exact) mass is 402 g/mol. The van der Waals surface area contributed by atoms with E-state index in [1.54, 1.807) is 18.6 Å². The van der Waals surface area contributed by atoms with Crippen LogP contribution in [0, 0.1) is 6.92 Å². The van der Waals surface area contributed by atoms with Gasteiger partial charge in [-0.3, -0.25) is 20.4 Å². The second-order valence-corrected chi connectivity index (χ2v) is 6.97. The molecular formula is C19H22N4O4S. The fourth-order valence-corrected chi connectivity index (χ4v) is 3.50. The number of nitrogens with one attached hydrogen (secondary N) is 2. The van der Waals surface area contributed by atoms with Crippen molar-refractivity contribution in [3.63, 3.8) is 0 Å². The number of aryl methyl sites for hydroxylation is 1. The summed E-state index contributed by atoms with van der Waals surface area (Å²) >= 11 is 1.39. The van der Waals surface area contributed by atoms with E-state index in [1.807, 2.05) is 25.1 Å². The van der Waals surface area contributed by atoms with Crippen LogP contribution in [-0.4, -0.2) is 50.2 Å². The number of rotatable bonds is 5. The maximum atomic E-state index is 12.2. The highest BCUT2D eigenvalue weighted by Crippen LogP contribution is 2.22. The smallest absolute Gasteiger partial charge is 0.289 e. The van der Waals surface area contributed by atoms with Gasteiger partial charge in [0.05, 0.1) is 20.3 Å². The molecule has 1 aromatic carbocycles. The number of aromatic nitrogens is 1. The van der Waals surface area contributed by atoms with E-state index in [4.69, 9.17) is 9.47 Å². The van der Waals surface area contributed by atoms with Gasteiger partial charge in [-0.1, -0.05) is 11.6 Å². The van der Waals surface area contributed by atoms with Gasteiger partial charge in [-0.25, -0.2) is 4.98 Å². The molecule has 148 valence electrons. The van der Waals surface area contributed by atoms with Crippen molar-refractivity contribution in [1.82, 2.24) is 15.8 Å². The lowest BCUT2D eigenvalue weighted by atomic mass is 10.1. The summed E-state index contributed by atoms with van der Waals surface area (Å²) in [6, 6.07) is 5.67. The molecule has 28 heavy (non-hydrogen) atoms. The molecule has 2 heterocycles. The summed E-state index contributed by atoms with van der Waals surface area (Å²) in [5.74, 6) is -0.261. The first kappa shape index (κ1) is 19.8. The molecule has 0 spiro atoms. The lowest BCUT2D eigenvalue weighted by Crippen LogP contribution is -2.41. The number of benzene rings is 1. The normalized spacial score (nSPS) is 14.1. The van der Waals surface area contributed by atoms with Gasteiger partial charge in [-0.2, -0.15) is 0 Å². The SMILES string of the molecule is COc1ccc(C)cc1/C=C/C(=O)NNC(=O)c1csc(N2CCOCC2)n1. The number of hydrazine groups is 1. The molecule has 0 unspecified atom stereocenters. The van der Waals surface area contributed by atoms with E-state index in [-0.39, 0.29) is 5.69 Å². The highest BCUT2D eigenvalue weighted by molar-refractivity contribution is 7.13. The maximum absolute atomic E-state index is 12.2. The molecule has 0 radical (unpaired) electrons. The molecule has 2 amide bonds. The van der Waals surface area contributed by atoms with E-state index in [0.717, 1.165) is 29.3 Å². The molecule has 1 aliphatic heterocycles. The van der Waals surface area contributed by atoms with Gasteiger partial charge in [0, 0.05) is 30.1 Å². The Morgan fingerprint density at radius 2 is 2.07 bits per heavy atom. The Morgan fingerprint density at radius 3 is 2.82 bits per heavy atom. The van der Waals surface area contributed by atoms with E-state index in [1.165, 1.54) is 17.4 Å². The number of morpholine rings is 1. The molecule has 8 nitrogen and oxygen atoms in total. The number of ether oxygens (including phenoxy) is 2. The molecule has 3 rings (SSSR count). The minimum absolute atomic E-state index is 0.260. The lowest BCUT2D eigenvalue weighted by molar-refractivity contribution is -0.117. The summed E-state index contributed by atoms with van der Waals surface area (Å²) < 4.78 is 10.6. The third-order valence-corrected chi connectivity index (χ3v) is 5.01. The Morgan fingerprint density at radius 1 is 1.29 bits per heavy atom. The first-order valence-corrected chi connectivity index (χ1v) is 9.66. The third-order valence-electron chi connectivity index (χ3n) is 4.11. The zero-order chi connectivity index (χ0) is 19.9. The van der Waals surface area contributed by atoms with Crippen LogP contribution in [0.3, 0.4) is 0 Å². The Bertz CT molecular complexity index is 875. The van der Waals surface area contributed by atoms with Gasteiger partial charge in [0.2, 0.25) is 0 Å². The number of amides is 2. The fraction of sp³-hybridized carbons (Fsp3) is 0.316. The number of hydrogen-bond donors (Lipinski definition) is 2. The molecule has 1 aliphatic rings. The zero-order valence-electron chi connectivity index (χ0n) is 15.7. The molecule has 1 saturated heterocycles. The first-order chi connectivity index (χ1) is 13.6. The molecule has 0 bridgehead atoms. The van der Waals surface area contributed by atoms with Crippen molar-refractivity contribution in [2.24, 2.45) is 0 Å². The van der Waals surface area contributed by atoms with E-state index in [2.05, 4.69) is 20.7 Å². The Labute approximate surface area is 167 Å². The number of carbonyl (C=O) groups excluding carboxylic acids is 2. The second kappa shape index (κ2) is 9.34. The maximum Gasteiger partial charge on any atom is 0.289 e. The first-order valence-electron chi connectivity index (χ1n) is 8.78. The van der Waals surface area contributed by atoms with Crippen LogP contribution < -0.4 is 20.5 Å². The van der Waals surface area contributed by atoms with Crippen molar-refractivity contribution < 1.29 is 19.1 Å². The summed E-state index contributed by atoms with van der Waals surface area (Å²) in [5, 5.41) is 2.44. The number of carbonyl (C=O) groups is 2. The molecular weight excluding hydrogens is 380 g/mol. The third kappa shape index (κ3) is 5.08. The zero-order valence-corrected chi connectivity index (χ0v) is 16.5. The summed E-state index contributed by atoms with van der Waals surface area (Å²) in [5.41, 5.74) is 6.81. The van der Waals surface area contributed by atoms with Crippen LogP contribution in [0.25, 0.3) is 6.08 Å². The van der Waals surface area contributed by atoms with Gasteiger partial charge in [-0.05, 0) is 25.1 Å². The van der Waals surface area contributed by atoms with Crippen molar-refractivity contribution in [1.29, 1.82) is 0 Å². The van der Waals surface area contributed by atoms with E-state index >= 15 is 0 Å². The van der Waals surface area contributed by atoms with Crippen molar-refractivity contribution in [2.75, 3.05) is 38.3 Å². The molecule has 2 aromatic rings. The molecule has 9 heteroatoms. The van der Waals surface area contributed by atoms with E-state index < -0.39 is 11.8 Å². The van der Waals surface area contributed by atoms with Gasteiger partial charge in [-0.15, -0.1) is 11.3 Å². The Balaban J connectivity index is 1.54. The van der Waals surface area contributed by atoms with Gasteiger partial charge in [0.25, 0.3) is 11.8 Å². The highest BCUT2D eigenvalue weighted by atomic mass is 32.1. The molecule has 0 aliphatic carbocycles. The van der Waals surface area contributed by atoms with Crippen LogP contribution in [0.5, 0.6) is 5.75 Å². The number of nitrogens with zero attached hydrogens (tertiary/aromatic N) is 2. The second-order valence-electron chi connectivity index (χ2n) is 6.14. The van der Waals surface area contributed by atoms with Crippen LogP contribution in [0.1, 0.15) is 21.6 Å². The van der Waals surface area contributed by atoms with Crippen LogP contribution >= 0.6 is 11.3 Å². The van der Waals surface area contributed by atoms with Crippen molar-refractivity contribution in [2.45, 2.75) is 6.92 Å².